The van der Waals surface area contributed by atoms with Crippen LogP contribution in [0.3, 0.4) is 0 Å². The third-order valence-corrected chi connectivity index (χ3v) is 5.31. The smallest absolute Gasteiger partial charge is 0.240 e. The van der Waals surface area contributed by atoms with Gasteiger partial charge < -0.3 is 13.9 Å². The number of amides is 1. The highest BCUT2D eigenvalue weighted by atomic mass is 16.5. The van der Waals surface area contributed by atoms with Gasteiger partial charge in [-0.05, 0) is 19.4 Å². The summed E-state index contributed by atoms with van der Waals surface area (Å²) in [4.78, 5) is 21.3. The van der Waals surface area contributed by atoms with Crippen molar-refractivity contribution >= 4 is 5.91 Å². The van der Waals surface area contributed by atoms with Gasteiger partial charge in [0.25, 0.3) is 0 Å². The van der Waals surface area contributed by atoms with Crippen LogP contribution in [0.2, 0.25) is 0 Å². The highest BCUT2D eigenvalue weighted by molar-refractivity contribution is 5.79. The van der Waals surface area contributed by atoms with Crippen molar-refractivity contribution in [2.24, 2.45) is 0 Å². The lowest BCUT2D eigenvalue weighted by atomic mass is 10.1. The minimum absolute atomic E-state index is 0.113. The van der Waals surface area contributed by atoms with Crippen molar-refractivity contribution in [1.29, 1.82) is 0 Å². The largest absolute Gasteiger partial charge is 0.361 e. The van der Waals surface area contributed by atoms with Crippen molar-refractivity contribution < 1.29 is 13.8 Å². The molecule has 0 unspecified atom stereocenters. The van der Waals surface area contributed by atoms with Crippen LogP contribution in [0.15, 0.2) is 39.4 Å². The second kappa shape index (κ2) is 8.57. The van der Waals surface area contributed by atoms with E-state index in [1.807, 2.05) is 36.9 Å². The molecule has 8 heteroatoms. The van der Waals surface area contributed by atoms with E-state index in [0.29, 0.717) is 44.2 Å². The molecule has 0 saturated carbocycles. The topological polar surface area (TPSA) is 88.5 Å². The van der Waals surface area contributed by atoms with Gasteiger partial charge in [-0.1, -0.05) is 40.6 Å². The van der Waals surface area contributed by atoms with Gasteiger partial charge in [0, 0.05) is 38.2 Å². The fourth-order valence-corrected chi connectivity index (χ4v) is 3.57. The Morgan fingerprint density at radius 3 is 2.48 bits per heavy atom. The van der Waals surface area contributed by atoms with E-state index in [1.54, 1.807) is 0 Å². The Morgan fingerprint density at radius 1 is 1.03 bits per heavy atom. The minimum Gasteiger partial charge on any atom is -0.361 e. The molecule has 1 aliphatic rings. The van der Waals surface area contributed by atoms with Crippen LogP contribution in [0.25, 0.3) is 0 Å². The first-order valence-corrected chi connectivity index (χ1v) is 9.86. The van der Waals surface area contributed by atoms with Gasteiger partial charge in [0.05, 0.1) is 18.7 Å². The van der Waals surface area contributed by atoms with E-state index in [9.17, 15) is 4.79 Å². The van der Waals surface area contributed by atoms with E-state index in [2.05, 4.69) is 32.3 Å². The molecule has 152 valence electrons. The van der Waals surface area contributed by atoms with Gasteiger partial charge >= 0.3 is 0 Å². The Balaban J connectivity index is 1.26. The lowest BCUT2D eigenvalue weighted by Gasteiger charge is -2.34. The summed E-state index contributed by atoms with van der Waals surface area (Å²) in [5, 5.41) is 8.01. The Bertz CT molecular complexity index is 938. The maximum atomic E-state index is 12.6. The van der Waals surface area contributed by atoms with Gasteiger partial charge in [0.15, 0.2) is 5.82 Å². The quantitative estimate of drug-likeness (QED) is 0.632. The number of carbonyl (C=O) groups excluding carboxylic acids is 1. The number of piperazine rings is 1. The van der Waals surface area contributed by atoms with Crippen LogP contribution in [-0.2, 0) is 24.2 Å². The number of aryl methyl sites for hydroxylation is 2. The predicted molar refractivity (Wildman–Crippen MR) is 105 cm³/mol. The van der Waals surface area contributed by atoms with Crippen molar-refractivity contribution in [3.05, 3.63) is 64.6 Å². The monoisotopic (exact) mass is 395 g/mol. The van der Waals surface area contributed by atoms with Gasteiger partial charge in [-0.2, -0.15) is 4.98 Å². The molecule has 1 amide bonds. The highest BCUT2D eigenvalue weighted by Gasteiger charge is 2.24. The van der Waals surface area contributed by atoms with Crippen LogP contribution in [0.1, 0.15) is 34.3 Å². The van der Waals surface area contributed by atoms with Crippen molar-refractivity contribution in [3.8, 4) is 0 Å². The van der Waals surface area contributed by atoms with Crippen LogP contribution < -0.4 is 0 Å². The molecule has 1 saturated heterocycles. The van der Waals surface area contributed by atoms with Crippen molar-refractivity contribution in [2.45, 2.75) is 33.2 Å². The summed E-state index contributed by atoms with van der Waals surface area (Å²) in [6.07, 6.45) is 1.00. The SMILES string of the molecule is Cc1noc(C)c1CC(=O)N1CCN(Cc2nc(Cc3ccccc3)no2)CC1. The molecule has 29 heavy (non-hydrogen) atoms. The molecule has 0 spiro atoms. The van der Waals surface area contributed by atoms with E-state index in [1.165, 1.54) is 0 Å². The number of aromatic nitrogens is 3. The second-order valence-electron chi connectivity index (χ2n) is 7.40. The zero-order chi connectivity index (χ0) is 20.2. The summed E-state index contributed by atoms with van der Waals surface area (Å²) >= 11 is 0. The molecule has 3 aromatic rings. The number of nitrogens with zero attached hydrogens (tertiary/aromatic N) is 5. The zero-order valence-electron chi connectivity index (χ0n) is 16.8. The fourth-order valence-electron chi connectivity index (χ4n) is 3.57. The number of benzene rings is 1. The first-order chi connectivity index (χ1) is 14.1. The lowest BCUT2D eigenvalue weighted by Crippen LogP contribution is -2.48. The van der Waals surface area contributed by atoms with Crippen LogP contribution >= 0.6 is 0 Å². The van der Waals surface area contributed by atoms with Crippen molar-refractivity contribution in [2.75, 3.05) is 26.2 Å². The van der Waals surface area contributed by atoms with E-state index < -0.39 is 0 Å². The molecule has 4 rings (SSSR count). The lowest BCUT2D eigenvalue weighted by molar-refractivity contribution is -0.132. The normalized spacial score (nSPS) is 15.0. The predicted octanol–water partition coefficient (Wildman–Crippen LogP) is 2.15. The zero-order valence-corrected chi connectivity index (χ0v) is 16.8. The molecule has 3 heterocycles. The van der Waals surface area contributed by atoms with E-state index >= 15 is 0 Å². The Labute approximate surface area is 169 Å². The molecule has 0 atom stereocenters. The third kappa shape index (κ3) is 4.71. The van der Waals surface area contributed by atoms with Gasteiger partial charge in [0.2, 0.25) is 11.8 Å². The van der Waals surface area contributed by atoms with Gasteiger partial charge in [-0.3, -0.25) is 9.69 Å². The molecule has 0 bridgehead atoms. The Morgan fingerprint density at radius 2 is 1.79 bits per heavy atom. The molecule has 2 aromatic heterocycles. The first-order valence-electron chi connectivity index (χ1n) is 9.86. The molecule has 1 aromatic carbocycles. The third-order valence-electron chi connectivity index (χ3n) is 5.31. The second-order valence-corrected chi connectivity index (χ2v) is 7.40. The van der Waals surface area contributed by atoms with E-state index in [0.717, 1.165) is 35.7 Å². The average molecular weight is 395 g/mol. The first kappa shape index (κ1) is 19.3. The molecule has 0 aliphatic carbocycles. The fraction of sp³-hybridized carbons (Fsp3) is 0.429. The van der Waals surface area contributed by atoms with Crippen molar-refractivity contribution in [1.82, 2.24) is 25.1 Å². The summed E-state index contributed by atoms with van der Waals surface area (Å²) in [5.41, 5.74) is 2.84. The number of carbonyl (C=O) groups is 1. The van der Waals surface area contributed by atoms with Crippen LogP contribution in [0.4, 0.5) is 0 Å². The molecule has 8 nitrogen and oxygen atoms in total. The summed E-state index contributed by atoms with van der Waals surface area (Å²) in [7, 11) is 0. The maximum Gasteiger partial charge on any atom is 0.240 e. The molecular formula is C21H25N5O3. The molecule has 1 aliphatic heterocycles. The molecule has 0 N–H and O–H groups in total. The van der Waals surface area contributed by atoms with Crippen LogP contribution in [0, 0.1) is 13.8 Å². The summed E-state index contributed by atoms with van der Waals surface area (Å²) in [6.45, 7) is 7.26. The minimum atomic E-state index is 0.113. The number of hydrogen-bond donors (Lipinski definition) is 0. The molecule has 0 radical (unpaired) electrons. The molecular weight excluding hydrogens is 370 g/mol. The Hall–Kier alpha value is -3.00. The number of rotatable bonds is 6. The molecule has 1 fully saturated rings. The average Bonchev–Trinajstić information content (AvgIpc) is 3.30. The van der Waals surface area contributed by atoms with E-state index in [4.69, 9.17) is 9.05 Å². The van der Waals surface area contributed by atoms with E-state index in [-0.39, 0.29) is 5.91 Å². The van der Waals surface area contributed by atoms with Gasteiger partial charge in [0.1, 0.15) is 5.76 Å². The maximum absolute atomic E-state index is 12.6. The van der Waals surface area contributed by atoms with Crippen LogP contribution in [0.5, 0.6) is 0 Å². The van der Waals surface area contributed by atoms with Crippen LogP contribution in [-0.4, -0.2) is 57.2 Å². The van der Waals surface area contributed by atoms with Gasteiger partial charge in [-0.25, -0.2) is 0 Å². The van der Waals surface area contributed by atoms with Gasteiger partial charge in [-0.15, -0.1) is 0 Å². The standard InChI is InChI=1S/C21H25N5O3/c1-15-18(16(2)28-23-15)13-21(27)26-10-8-25(9-11-26)14-20-22-19(24-29-20)12-17-6-4-3-5-7-17/h3-7H,8-14H2,1-2H3. The van der Waals surface area contributed by atoms with Crippen molar-refractivity contribution in [3.63, 3.8) is 0 Å². The Kier molecular flexibility index (Phi) is 5.71. The summed E-state index contributed by atoms with van der Waals surface area (Å²) in [5.74, 6) is 2.14. The summed E-state index contributed by atoms with van der Waals surface area (Å²) in [6, 6.07) is 10.1. The number of hydrogen-bond acceptors (Lipinski definition) is 7. The highest BCUT2D eigenvalue weighted by Crippen LogP contribution is 2.15. The summed E-state index contributed by atoms with van der Waals surface area (Å²) < 4.78 is 10.6.